The van der Waals surface area contributed by atoms with Crippen LogP contribution in [-0.2, 0) is 6.54 Å². The minimum Gasteiger partial charge on any atom is -0.332 e. The van der Waals surface area contributed by atoms with Crippen molar-refractivity contribution in [1.82, 2.24) is 33.7 Å². The lowest BCUT2D eigenvalue weighted by atomic mass is 10.3. The molecule has 0 aromatic carbocycles. The van der Waals surface area contributed by atoms with Gasteiger partial charge in [0.25, 0.3) is 5.56 Å². The van der Waals surface area contributed by atoms with Gasteiger partial charge < -0.3 is 4.98 Å². The van der Waals surface area contributed by atoms with Crippen LogP contribution in [0.5, 0.6) is 0 Å². The summed E-state index contributed by atoms with van der Waals surface area (Å²) in [5, 5.41) is 4.34. The molecular formula is C16H19N7O. The Morgan fingerprint density at radius 2 is 2.17 bits per heavy atom. The van der Waals surface area contributed by atoms with E-state index in [0.29, 0.717) is 29.3 Å². The van der Waals surface area contributed by atoms with Crippen molar-refractivity contribution in [2.75, 3.05) is 0 Å². The van der Waals surface area contributed by atoms with Crippen LogP contribution in [0.1, 0.15) is 33.2 Å². The van der Waals surface area contributed by atoms with Crippen molar-refractivity contribution in [3.05, 3.63) is 35.1 Å². The average molecular weight is 325 g/mol. The van der Waals surface area contributed by atoms with Gasteiger partial charge in [-0.05, 0) is 20.3 Å². The van der Waals surface area contributed by atoms with Crippen LogP contribution in [0.15, 0.2) is 29.6 Å². The lowest BCUT2D eigenvalue weighted by Gasteiger charge is -2.05. The number of fused-ring (bicyclic) bond motifs is 3. The Hall–Kier alpha value is -2.90. The second-order valence-corrected chi connectivity index (χ2v) is 6.14. The third kappa shape index (κ3) is 2.06. The number of aromatic nitrogens is 7. The predicted octanol–water partition coefficient (Wildman–Crippen LogP) is 2.23. The number of hydrogen-bond donors (Lipinski definition) is 1. The van der Waals surface area contributed by atoms with Gasteiger partial charge in [0.1, 0.15) is 5.82 Å². The molecule has 0 radical (unpaired) electrons. The van der Waals surface area contributed by atoms with Crippen molar-refractivity contribution in [2.45, 2.75) is 39.8 Å². The summed E-state index contributed by atoms with van der Waals surface area (Å²) in [6.45, 7) is 6.78. The highest BCUT2D eigenvalue weighted by Gasteiger charge is 2.17. The van der Waals surface area contributed by atoms with Crippen LogP contribution in [0.4, 0.5) is 0 Å². The van der Waals surface area contributed by atoms with Crippen molar-refractivity contribution >= 4 is 16.9 Å². The molecule has 24 heavy (non-hydrogen) atoms. The zero-order valence-electron chi connectivity index (χ0n) is 13.9. The normalized spacial score (nSPS) is 12.0. The van der Waals surface area contributed by atoms with Crippen LogP contribution in [0.2, 0.25) is 0 Å². The largest absolute Gasteiger partial charge is 0.332 e. The monoisotopic (exact) mass is 325 g/mol. The molecular weight excluding hydrogens is 306 g/mol. The highest BCUT2D eigenvalue weighted by molar-refractivity contribution is 5.77. The molecule has 124 valence electrons. The third-order valence-corrected chi connectivity index (χ3v) is 4.09. The molecule has 8 nitrogen and oxygen atoms in total. The van der Waals surface area contributed by atoms with E-state index in [1.54, 1.807) is 17.0 Å². The molecule has 4 aromatic heterocycles. The Bertz CT molecular complexity index is 1080. The van der Waals surface area contributed by atoms with Gasteiger partial charge in [-0.25, -0.2) is 9.97 Å². The number of rotatable bonds is 4. The van der Waals surface area contributed by atoms with Crippen LogP contribution in [0, 0.1) is 0 Å². The Morgan fingerprint density at radius 3 is 2.88 bits per heavy atom. The standard InChI is InChI=1S/C16H19N7O/c1-4-6-22-15(24)12-14(21-7-5-17-16(21)22)20-13(19-12)11-8-18-23(9-11)10(2)3/h5,7-10H,4,6H2,1-3H3,(H,19,20). The number of aryl methyl sites for hydroxylation is 1. The molecule has 8 heteroatoms. The predicted molar refractivity (Wildman–Crippen MR) is 91.0 cm³/mol. The molecule has 0 aliphatic rings. The Balaban J connectivity index is 1.97. The van der Waals surface area contributed by atoms with E-state index in [2.05, 4.69) is 33.9 Å². The van der Waals surface area contributed by atoms with Crippen LogP contribution >= 0.6 is 0 Å². The molecule has 4 rings (SSSR count). The van der Waals surface area contributed by atoms with E-state index in [0.717, 1.165) is 12.0 Å². The fraction of sp³-hybridized carbons (Fsp3) is 0.375. The van der Waals surface area contributed by atoms with Crippen molar-refractivity contribution < 1.29 is 0 Å². The number of hydrogen-bond acceptors (Lipinski definition) is 4. The molecule has 0 aliphatic carbocycles. The van der Waals surface area contributed by atoms with Crippen molar-refractivity contribution in [3.63, 3.8) is 0 Å². The Morgan fingerprint density at radius 1 is 1.33 bits per heavy atom. The molecule has 0 atom stereocenters. The van der Waals surface area contributed by atoms with Crippen LogP contribution in [0.25, 0.3) is 28.3 Å². The first-order chi connectivity index (χ1) is 11.6. The first-order valence-electron chi connectivity index (χ1n) is 8.10. The lowest BCUT2D eigenvalue weighted by Crippen LogP contribution is -2.23. The fourth-order valence-electron chi connectivity index (χ4n) is 2.88. The number of imidazole rings is 2. The number of aromatic amines is 1. The Labute approximate surface area is 137 Å². The topological polar surface area (TPSA) is 85.8 Å². The zero-order chi connectivity index (χ0) is 16.8. The average Bonchev–Trinajstić information content (AvgIpc) is 3.28. The van der Waals surface area contributed by atoms with Gasteiger partial charge in [0.2, 0.25) is 5.78 Å². The van der Waals surface area contributed by atoms with E-state index in [9.17, 15) is 4.79 Å². The second kappa shape index (κ2) is 5.33. The quantitative estimate of drug-likeness (QED) is 0.623. The third-order valence-electron chi connectivity index (χ3n) is 4.09. The number of H-pyrrole nitrogens is 1. The lowest BCUT2D eigenvalue weighted by molar-refractivity contribution is 0.532. The molecule has 4 heterocycles. The van der Waals surface area contributed by atoms with Gasteiger partial charge in [0.15, 0.2) is 11.2 Å². The minimum atomic E-state index is -0.0967. The summed E-state index contributed by atoms with van der Waals surface area (Å²) in [6.07, 6.45) is 8.05. The summed E-state index contributed by atoms with van der Waals surface area (Å²) in [5.74, 6) is 1.25. The smallest absolute Gasteiger partial charge is 0.280 e. The van der Waals surface area contributed by atoms with E-state index in [1.807, 2.05) is 28.4 Å². The SMILES string of the molecule is CCCn1c(=O)c2[nH]c(-c3cnn(C(C)C)c3)nc2n2ccnc12. The molecule has 0 spiro atoms. The van der Waals surface area contributed by atoms with Crippen molar-refractivity contribution in [2.24, 2.45) is 0 Å². The maximum absolute atomic E-state index is 12.8. The van der Waals surface area contributed by atoms with E-state index in [4.69, 9.17) is 0 Å². The van der Waals surface area contributed by atoms with E-state index < -0.39 is 0 Å². The van der Waals surface area contributed by atoms with Gasteiger partial charge in [0.05, 0.1) is 11.8 Å². The molecule has 0 amide bonds. The highest BCUT2D eigenvalue weighted by Crippen LogP contribution is 2.20. The molecule has 0 saturated heterocycles. The summed E-state index contributed by atoms with van der Waals surface area (Å²) < 4.78 is 5.39. The first-order valence-corrected chi connectivity index (χ1v) is 8.10. The molecule has 0 bridgehead atoms. The highest BCUT2D eigenvalue weighted by atomic mass is 16.1. The molecule has 4 aromatic rings. The summed E-state index contributed by atoms with van der Waals surface area (Å²) in [7, 11) is 0. The van der Waals surface area contributed by atoms with Crippen LogP contribution < -0.4 is 5.56 Å². The number of nitrogens with zero attached hydrogens (tertiary/aromatic N) is 6. The van der Waals surface area contributed by atoms with Crippen molar-refractivity contribution in [1.29, 1.82) is 0 Å². The maximum Gasteiger partial charge on any atom is 0.280 e. The van der Waals surface area contributed by atoms with E-state index >= 15 is 0 Å². The molecule has 0 saturated carbocycles. The minimum absolute atomic E-state index is 0.0967. The first kappa shape index (κ1) is 14.7. The summed E-state index contributed by atoms with van der Waals surface area (Å²) in [5.41, 5.74) is 1.84. The second-order valence-electron chi connectivity index (χ2n) is 6.14. The summed E-state index contributed by atoms with van der Waals surface area (Å²) in [4.78, 5) is 24.9. The fourth-order valence-corrected chi connectivity index (χ4v) is 2.88. The van der Waals surface area contributed by atoms with E-state index in [-0.39, 0.29) is 11.6 Å². The van der Waals surface area contributed by atoms with Gasteiger partial charge in [0, 0.05) is 31.2 Å². The van der Waals surface area contributed by atoms with Gasteiger partial charge in [-0.15, -0.1) is 0 Å². The van der Waals surface area contributed by atoms with Gasteiger partial charge in [-0.3, -0.25) is 18.4 Å². The molecule has 1 N–H and O–H groups in total. The zero-order valence-corrected chi connectivity index (χ0v) is 13.9. The van der Waals surface area contributed by atoms with Gasteiger partial charge >= 0.3 is 0 Å². The van der Waals surface area contributed by atoms with E-state index in [1.165, 1.54) is 0 Å². The number of nitrogens with one attached hydrogen (secondary N) is 1. The molecule has 0 fully saturated rings. The summed E-state index contributed by atoms with van der Waals surface area (Å²) in [6, 6.07) is 0.269. The summed E-state index contributed by atoms with van der Waals surface area (Å²) >= 11 is 0. The maximum atomic E-state index is 12.8. The van der Waals surface area contributed by atoms with Crippen molar-refractivity contribution in [3.8, 4) is 11.4 Å². The molecule has 0 aliphatic heterocycles. The molecule has 0 unspecified atom stereocenters. The Kier molecular flexibility index (Phi) is 3.26. The van der Waals surface area contributed by atoms with Gasteiger partial charge in [-0.2, -0.15) is 5.10 Å². The van der Waals surface area contributed by atoms with Crippen LogP contribution in [0.3, 0.4) is 0 Å². The van der Waals surface area contributed by atoms with Crippen LogP contribution in [-0.4, -0.2) is 33.7 Å². The van der Waals surface area contributed by atoms with Gasteiger partial charge in [-0.1, -0.05) is 6.92 Å².